The van der Waals surface area contributed by atoms with Gasteiger partial charge in [-0.1, -0.05) is 72.1 Å². The number of aryl methyl sites for hydroxylation is 1. The van der Waals surface area contributed by atoms with E-state index in [1.165, 1.54) is 64.2 Å². The van der Waals surface area contributed by atoms with Gasteiger partial charge in [-0.3, -0.25) is 0 Å². The smallest absolute Gasteiger partial charge is 0.138 e. The Hall–Kier alpha value is -0.860. The lowest BCUT2D eigenvalue weighted by Crippen LogP contribution is -2.25. The fraction of sp³-hybridized carbons (Fsp3) is 0.889. The van der Waals surface area contributed by atoms with Gasteiger partial charge in [-0.05, 0) is 25.2 Å². The number of rotatable bonds is 12. The van der Waals surface area contributed by atoms with E-state index in [9.17, 15) is 0 Å². The third kappa shape index (κ3) is 7.10. The van der Waals surface area contributed by atoms with Crippen LogP contribution in [0.25, 0.3) is 0 Å². The lowest BCUT2D eigenvalue weighted by atomic mass is 9.79. The van der Waals surface area contributed by atoms with E-state index in [-0.39, 0.29) is 0 Å². The van der Waals surface area contributed by atoms with Crippen LogP contribution in [-0.2, 0) is 6.54 Å². The third-order valence-corrected chi connectivity index (χ3v) is 4.61. The molecule has 0 bridgehead atoms. The second-order valence-electron chi connectivity index (χ2n) is 6.90. The molecule has 0 atom stereocenters. The molecule has 1 heterocycles. The molecule has 3 heteroatoms. The van der Waals surface area contributed by atoms with Crippen LogP contribution >= 0.6 is 0 Å². The van der Waals surface area contributed by atoms with Crippen molar-refractivity contribution >= 4 is 0 Å². The molecule has 1 aromatic rings. The molecule has 0 aromatic carbocycles. The monoisotopic (exact) mass is 293 g/mol. The van der Waals surface area contributed by atoms with Crippen LogP contribution in [0.3, 0.4) is 0 Å². The van der Waals surface area contributed by atoms with Crippen molar-refractivity contribution in [2.75, 3.05) is 0 Å². The van der Waals surface area contributed by atoms with Crippen molar-refractivity contribution in [2.45, 2.75) is 98.4 Å². The number of hydrogen-bond acceptors (Lipinski definition) is 2. The van der Waals surface area contributed by atoms with E-state index in [4.69, 9.17) is 0 Å². The molecule has 1 rings (SSSR count). The van der Waals surface area contributed by atoms with Crippen molar-refractivity contribution in [1.82, 2.24) is 14.8 Å². The minimum Gasteiger partial charge on any atom is -0.250 e. The second kappa shape index (κ2) is 9.97. The summed E-state index contributed by atoms with van der Waals surface area (Å²) >= 11 is 0. The molecule has 0 saturated heterocycles. The Balaban J connectivity index is 2.52. The van der Waals surface area contributed by atoms with Crippen LogP contribution in [0.2, 0.25) is 0 Å². The van der Waals surface area contributed by atoms with Crippen LogP contribution in [0.1, 0.15) is 90.8 Å². The van der Waals surface area contributed by atoms with Gasteiger partial charge in [-0.15, -0.1) is 0 Å². The largest absolute Gasteiger partial charge is 0.250 e. The van der Waals surface area contributed by atoms with Gasteiger partial charge in [0.15, 0.2) is 0 Å². The minimum absolute atomic E-state index is 0.375. The van der Waals surface area contributed by atoms with Crippen molar-refractivity contribution in [3.05, 3.63) is 12.2 Å². The highest BCUT2D eigenvalue weighted by Gasteiger charge is 2.25. The Morgan fingerprint density at radius 3 is 1.95 bits per heavy atom. The van der Waals surface area contributed by atoms with E-state index in [0.717, 1.165) is 12.4 Å². The van der Waals surface area contributed by atoms with Gasteiger partial charge in [0.05, 0.1) is 0 Å². The van der Waals surface area contributed by atoms with Gasteiger partial charge in [0.25, 0.3) is 0 Å². The average molecular weight is 293 g/mol. The highest BCUT2D eigenvalue weighted by molar-refractivity contribution is 4.83. The van der Waals surface area contributed by atoms with E-state index in [0.29, 0.717) is 5.41 Å². The van der Waals surface area contributed by atoms with Gasteiger partial charge >= 0.3 is 0 Å². The Kier molecular flexibility index (Phi) is 8.63. The topological polar surface area (TPSA) is 30.7 Å². The molecule has 0 amide bonds. The molecular formula is C18H35N3. The molecule has 21 heavy (non-hydrogen) atoms. The predicted molar refractivity (Wildman–Crippen MR) is 90.4 cm³/mol. The van der Waals surface area contributed by atoms with Crippen LogP contribution in [0, 0.1) is 12.3 Å². The summed E-state index contributed by atoms with van der Waals surface area (Å²) in [5, 5.41) is 4.40. The Morgan fingerprint density at radius 2 is 1.52 bits per heavy atom. The lowest BCUT2D eigenvalue weighted by molar-refractivity contribution is 0.201. The highest BCUT2D eigenvalue weighted by Crippen LogP contribution is 2.33. The normalized spacial score (nSPS) is 12.0. The molecule has 122 valence electrons. The summed E-state index contributed by atoms with van der Waals surface area (Å²) in [6.45, 7) is 10.1. The van der Waals surface area contributed by atoms with Gasteiger partial charge in [0.2, 0.25) is 0 Å². The third-order valence-electron chi connectivity index (χ3n) is 4.61. The summed E-state index contributed by atoms with van der Waals surface area (Å²) in [7, 11) is 0. The maximum Gasteiger partial charge on any atom is 0.138 e. The van der Waals surface area contributed by atoms with Crippen molar-refractivity contribution in [3.63, 3.8) is 0 Å². The Morgan fingerprint density at radius 1 is 0.952 bits per heavy atom. The summed E-state index contributed by atoms with van der Waals surface area (Å²) in [5.41, 5.74) is 0.375. The van der Waals surface area contributed by atoms with Gasteiger partial charge in [0.1, 0.15) is 12.2 Å². The van der Waals surface area contributed by atoms with Gasteiger partial charge < -0.3 is 0 Å². The van der Waals surface area contributed by atoms with Crippen LogP contribution in [0.5, 0.6) is 0 Å². The summed E-state index contributed by atoms with van der Waals surface area (Å²) in [6.07, 6.45) is 15.1. The molecule has 0 N–H and O–H groups in total. The number of hydrogen-bond donors (Lipinski definition) is 0. The number of unbranched alkanes of at least 4 members (excludes halogenated alkanes) is 6. The average Bonchev–Trinajstić information content (AvgIpc) is 2.85. The summed E-state index contributed by atoms with van der Waals surface area (Å²) < 4.78 is 2.10. The van der Waals surface area contributed by atoms with Gasteiger partial charge in [-0.2, -0.15) is 5.10 Å². The zero-order valence-corrected chi connectivity index (χ0v) is 14.7. The number of aromatic nitrogens is 3. The zero-order chi connectivity index (χ0) is 15.6. The molecule has 0 aliphatic rings. The SMILES string of the molecule is CCCCCCC(C)(CCCCCC)Cn1ncnc1C. The predicted octanol–water partition coefficient (Wildman–Crippen LogP) is 5.53. The molecular weight excluding hydrogens is 258 g/mol. The molecule has 1 aromatic heterocycles. The van der Waals surface area contributed by atoms with E-state index < -0.39 is 0 Å². The second-order valence-corrected chi connectivity index (χ2v) is 6.90. The van der Waals surface area contributed by atoms with Crippen molar-refractivity contribution in [3.8, 4) is 0 Å². The van der Waals surface area contributed by atoms with E-state index >= 15 is 0 Å². The quantitative estimate of drug-likeness (QED) is 0.474. The molecule has 3 nitrogen and oxygen atoms in total. The first-order valence-corrected chi connectivity index (χ1v) is 8.95. The summed E-state index contributed by atoms with van der Waals surface area (Å²) in [6, 6.07) is 0. The highest BCUT2D eigenvalue weighted by atomic mass is 15.3. The summed E-state index contributed by atoms with van der Waals surface area (Å²) in [5.74, 6) is 1.04. The standard InChI is InChI=1S/C18H35N3/c1-5-7-9-11-13-18(4,14-12-10-8-6-2)15-21-17(3)19-16-20-21/h16H,5-15H2,1-4H3. The van der Waals surface area contributed by atoms with E-state index in [1.54, 1.807) is 6.33 Å². The molecule has 0 fully saturated rings. The fourth-order valence-corrected chi connectivity index (χ4v) is 3.08. The summed E-state index contributed by atoms with van der Waals surface area (Å²) in [4.78, 5) is 4.27. The van der Waals surface area contributed by atoms with E-state index in [1.807, 2.05) is 0 Å². The van der Waals surface area contributed by atoms with Gasteiger partial charge in [-0.25, -0.2) is 9.67 Å². The maximum atomic E-state index is 4.40. The van der Waals surface area contributed by atoms with E-state index in [2.05, 4.69) is 42.5 Å². The molecule has 0 unspecified atom stereocenters. The lowest BCUT2D eigenvalue weighted by Gasteiger charge is -2.30. The molecule has 0 aliphatic heterocycles. The van der Waals surface area contributed by atoms with Gasteiger partial charge in [0, 0.05) is 6.54 Å². The first-order valence-electron chi connectivity index (χ1n) is 8.95. The van der Waals surface area contributed by atoms with Crippen molar-refractivity contribution in [2.24, 2.45) is 5.41 Å². The van der Waals surface area contributed by atoms with Crippen LogP contribution in [0.4, 0.5) is 0 Å². The maximum absolute atomic E-state index is 4.40. The van der Waals surface area contributed by atoms with Crippen LogP contribution in [0.15, 0.2) is 6.33 Å². The minimum atomic E-state index is 0.375. The Bertz CT molecular complexity index is 358. The molecule has 0 saturated carbocycles. The zero-order valence-electron chi connectivity index (χ0n) is 14.7. The van der Waals surface area contributed by atoms with Crippen molar-refractivity contribution in [1.29, 1.82) is 0 Å². The fourth-order valence-electron chi connectivity index (χ4n) is 3.08. The first kappa shape index (κ1) is 18.2. The first-order chi connectivity index (χ1) is 10.1. The number of nitrogens with zero attached hydrogens (tertiary/aromatic N) is 3. The van der Waals surface area contributed by atoms with Crippen LogP contribution in [-0.4, -0.2) is 14.8 Å². The Labute approximate surface area is 131 Å². The van der Waals surface area contributed by atoms with Crippen LogP contribution < -0.4 is 0 Å². The molecule has 0 aliphatic carbocycles. The molecule has 0 radical (unpaired) electrons. The molecule has 0 spiro atoms. The van der Waals surface area contributed by atoms with Crippen molar-refractivity contribution < 1.29 is 0 Å².